The third-order valence-corrected chi connectivity index (χ3v) is 3.39. The van der Waals surface area contributed by atoms with Gasteiger partial charge in [0.2, 0.25) is 11.8 Å². The van der Waals surface area contributed by atoms with Crippen LogP contribution in [0.3, 0.4) is 0 Å². The van der Waals surface area contributed by atoms with Crippen LogP contribution in [0.15, 0.2) is 24.3 Å². The van der Waals surface area contributed by atoms with Crippen molar-refractivity contribution in [1.82, 2.24) is 10.6 Å². The Labute approximate surface area is 147 Å². The van der Waals surface area contributed by atoms with Crippen LogP contribution >= 0.6 is 12.4 Å². The van der Waals surface area contributed by atoms with Gasteiger partial charge in [-0.05, 0) is 23.6 Å². The van der Waals surface area contributed by atoms with E-state index in [2.05, 4.69) is 10.6 Å². The summed E-state index contributed by atoms with van der Waals surface area (Å²) in [5.41, 5.74) is 6.42. The van der Waals surface area contributed by atoms with Crippen molar-refractivity contribution >= 4 is 24.2 Å². The summed E-state index contributed by atoms with van der Waals surface area (Å²) in [5, 5.41) is 5.23. The minimum Gasteiger partial charge on any atom is -0.382 e. The molecule has 136 valence electrons. The molecule has 24 heavy (non-hydrogen) atoms. The zero-order valence-corrected chi connectivity index (χ0v) is 14.9. The van der Waals surface area contributed by atoms with Crippen molar-refractivity contribution in [2.75, 3.05) is 20.3 Å². The first-order valence-electron chi connectivity index (χ1n) is 7.42. The highest BCUT2D eigenvalue weighted by Crippen LogP contribution is 2.13. The molecule has 8 heteroatoms. The summed E-state index contributed by atoms with van der Waals surface area (Å²) >= 11 is 0. The Morgan fingerprint density at radius 3 is 2.33 bits per heavy atom. The summed E-state index contributed by atoms with van der Waals surface area (Å²) in [6.07, 6.45) is 0. The Kier molecular flexibility index (Phi) is 10.2. The SMILES string of the molecule is COCC(NC(=O)CNC(=O)[C@@H](N)C(C)C)c1ccc(F)cc1.Cl. The van der Waals surface area contributed by atoms with E-state index in [1.165, 1.54) is 19.2 Å². The molecule has 1 aromatic carbocycles. The van der Waals surface area contributed by atoms with Gasteiger partial charge < -0.3 is 21.1 Å². The number of nitrogens with two attached hydrogens (primary N) is 1. The summed E-state index contributed by atoms with van der Waals surface area (Å²) in [6, 6.07) is 4.69. The number of rotatable bonds is 8. The molecule has 0 aliphatic heterocycles. The molecule has 0 bridgehead atoms. The topological polar surface area (TPSA) is 93.5 Å². The van der Waals surface area contributed by atoms with Gasteiger partial charge in [-0.3, -0.25) is 9.59 Å². The van der Waals surface area contributed by atoms with Crippen LogP contribution < -0.4 is 16.4 Å². The Morgan fingerprint density at radius 1 is 1.25 bits per heavy atom. The number of carbonyl (C=O) groups is 2. The van der Waals surface area contributed by atoms with E-state index in [4.69, 9.17) is 10.5 Å². The van der Waals surface area contributed by atoms with E-state index in [0.29, 0.717) is 5.56 Å². The van der Waals surface area contributed by atoms with Crippen LogP contribution in [0.2, 0.25) is 0 Å². The summed E-state index contributed by atoms with van der Waals surface area (Å²) < 4.78 is 18.0. The van der Waals surface area contributed by atoms with Crippen molar-refractivity contribution in [3.63, 3.8) is 0 Å². The third-order valence-electron chi connectivity index (χ3n) is 3.39. The molecular formula is C16H25ClFN3O3. The highest BCUT2D eigenvalue weighted by molar-refractivity contribution is 5.87. The maximum absolute atomic E-state index is 13.0. The molecule has 4 N–H and O–H groups in total. The van der Waals surface area contributed by atoms with Gasteiger partial charge in [-0.2, -0.15) is 0 Å². The van der Waals surface area contributed by atoms with Gasteiger partial charge in [-0.1, -0.05) is 26.0 Å². The number of nitrogens with one attached hydrogen (secondary N) is 2. The van der Waals surface area contributed by atoms with Crippen LogP contribution in [0.1, 0.15) is 25.5 Å². The van der Waals surface area contributed by atoms with Gasteiger partial charge in [0.05, 0.1) is 25.2 Å². The predicted octanol–water partition coefficient (Wildman–Crippen LogP) is 1.15. The van der Waals surface area contributed by atoms with Crippen molar-refractivity contribution < 1.29 is 18.7 Å². The monoisotopic (exact) mass is 361 g/mol. The van der Waals surface area contributed by atoms with Gasteiger partial charge in [0.15, 0.2) is 0 Å². The van der Waals surface area contributed by atoms with E-state index in [1.807, 2.05) is 13.8 Å². The average molecular weight is 362 g/mol. The molecule has 2 atom stereocenters. The first-order valence-corrected chi connectivity index (χ1v) is 7.42. The van der Waals surface area contributed by atoms with Gasteiger partial charge >= 0.3 is 0 Å². The summed E-state index contributed by atoms with van der Waals surface area (Å²) in [5.74, 6) is -1.12. The highest BCUT2D eigenvalue weighted by atomic mass is 35.5. The number of halogens is 2. The molecule has 0 spiro atoms. The van der Waals surface area contributed by atoms with Crippen molar-refractivity contribution in [3.05, 3.63) is 35.6 Å². The third kappa shape index (κ3) is 7.25. The molecular weight excluding hydrogens is 337 g/mol. The zero-order valence-electron chi connectivity index (χ0n) is 14.0. The summed E-state index contributed by atoms with van der Waals surface area (Å²) in [7, 11) is 1.51. The van der Waals surface area contributed by atoms with Crippen LogP contribution in [0.4, 0.5) is 4.39 Å². The molecule has 1 aromatic rings. The molecule has 0 radical (unpaired) electrons. The minimum absolute atomic E-state index is 0. The van der Waals surface area contributed by atoms with Crippen LogP contribution in [-0.4, -0.2) is 38.1 Å². The first kappa shape index (κ1) is 22.3. The quantitative estimate of drug-likeness (QED) is 0.647. The van der Waals surface area contributed by atoms with Crippen molar-refractivity contribution in [2.45, 2.75) is 25.9 Å². The fourth-order valence-corrected chi connectivity index (χ4v) is 1.92. The van der Waals surface area contributed by atoms with Crippen LogP contribution in [0.25, 0.3) is 0 Å². The van der Waals surface area contributed by atoms with Crippen molar-refractivity contribution in [1.29, 1.82) is 0 Å². The molecule has 0 saturated carbocycles. The van der Waals surface area contributed by atoms with E-state index >= 15 is 0 Å². The second-order valence-corrected chi connectivity index (χ2v) is 5.61. The Bertz CT molecular complexity index is 526. The van der Waals surface area contributed by atoms with E-state index in [0.717, 1.165) is 0 Å². The predicted molar refractivity (Wildman–Crippen MR) is 92.2 cm³/mol. The summed E-state index contributed by atoms with van der Waals surface area (Å²) in [4.78, 5) is 23.7. The lowest BCUT2D eigenvalue weighted by Gasteiger charge is -2.19. The smallest absolute Gasteiger partial charge is 0.239 e. The largest absolute Gasteiger partial charge is 0.382 e. The Balaban J connectivity index is 0.00000529. The number of methoxy groups -OCH3 is 1. The number of hydrogen-bond acceptors (Lipinski definition) is 4. The lowest BCUT2D eigenvalue weighted by atomic mass is 10.1. The molecule has 0 fully saturated rings. The number of amides is 2. The number of hydrogen-bond donors (Lipinski definition) is 3. The molecule has 0 saturated heterocycles. The van der Waals surface area contributed by atoms with E-state index in [-0.39, 0.29) is 49.1 Å². The second kappa shape index (κ2) is 11.0. The lowest BCUT2D eigenvalue weighted by molar-refractivity contribution is -0.127. The van der Waals surface area contributed by atoms with Gasteiger partial charge in [0.1, 0.15) is 5.82 Å². The maximum Gasteiger partial charge on any atom is 0.239 e. The van der Waals surface area contributed by atoms with Gasteiger partial charge in [-0.15, -0.1) is 12.4 Å². The number of ether oxygens (including phenoxy) is 1. The molecule has 2 amide bonds. The van der Waals surface area contributed by atoms with Gasteiger partial charge in [-0.25, -0.2) is 4.39 Å². The Morgan fingerprint density at radius 2 is 1.83 bits per heavy atom. The second-order valence-electron chi connectivity index (χ2n) is 5.61. The van der Waals surface area contributed by atoms with Crippen LogP contribution in [-0.2, 0) is 14.3 Å². The highest BCUT2D eigenvalue weighted by Gasteiger charge is 2.19. The van der Waals surface area contributed by atoms with E-state index in [1.54, 1.807) is 12.1 Å². The Hall–Kier alpha value is -1.70. The number of carbonyl (C=O) groups excluding carboxylic acids is 2. The minimum atomic E-state index is -0.658. The molecule has 0 aromatic heterocycles. The molecule has 6 nitrogen and oxygen atoms in total. The van der Waals surface area contributed by atoms with Crippen LogP contribution in [0.5, 0.6) is 0 Å². The summed E-state index contributed by atoms with van der Waals surface area (Å²) in [6.45, 7) is 3.71. The fraction of sp³-hybridized carbons (Fsp3) is 0.500. The molecule has 1 unspecified atom stereocenters. The van der Waals surface area contributed by atoms with Crippen molar-refractivity contribution in [3.8, 4) is 0 Å². The maximum atomic E-state index is 13.0. The van der Waals surface area contributed by atoms with E-state index < -0.39 is 12.1 Å². The van der Waals surface area contributed by atoms with Crippen LogP contribution in [0, 0.1) is 11.7 Å². The molecule has 1 rings (SSSR count). The fourth-order valence-electron chi connectivity index (χ4n) is 1.92. The average Bonchev–Trinajstić information content (AvgIpc) is 2.52. The lowest BCUT2D eigenvalue weighted by Crippen LogP contribution is -2.47. The van der Waals surface area contributed by atoms with Crippen molar-refractivity contribution in [2.24, 2.45) is 11.7 Å². The first-order chi connectivity index (χ1) is 10.8. The van der Waals surface area contributed by atoms with Gasteiger partial charge in [0.25, 0.3) is 0 Å². The standard InChI is InChI=1S/C16H24FN3O3.ClH/c1-10(2)15(18)16(22)19-8-14(21)20-13(9-23-3)11-4-6-12(17)7-5-11;/h4-7,10,13,15H,8-9,18H2,1-3H3,(H,19,22)(H,20,21);1H/t13?,15-;/m0./s1. The van der Waals surface area contributed by atoms with Gasteiger partial charge in [0, 0.05) is 7.11 Å². The molecule has 0 aliphatic carbocycles. The molecule has 0 aliphatic rings. The van der Waals surface area contributed by atoms with E-state index in [9.17, 15) is 14.0 Å². The zero-order chi connectivity index (χ0) is 17.4. The normalized spacial score (nSPS) is 12.9. The number of benzene rings is 1. The molecule has 0 heterocycles.